The van der Waals surface area contributed by atoms with E-state index in [1.807, 2.05) is 49.7 Å². The van der Waals surface area contributed by atoms with Gasteiger partial charge in [-0.05, 0) is 42.7 Å². The maximum atomic E-state index is 14.2. The molecule has 2 atom stereocenters. The van der Waals surface area contributed by atoms with Crippen molar-refractivity contribution in [3.8, 4) is 17.2 Å². The van der Waals surface area contributed by atoms with Gasteiger partial charge in [0, 0.05) is 43.0 Å². The predicted molar refractivity (Wildman–Crippen MR) is 128 cm³/mol. The van der Waals surface area contributed by atoms with Crippen molar-refractivity contribution in [2.24, 2.45) is 13.0 Å². The summed E-state index contributed by atoms with van der Waals surface area (Å²) in [5, 5.41) is 19.3. The third-order valence-corrected chi connectivity index (χ3v) is 5.72. The van der Waals surface area contributed by atoms with Crippen LogP contribution in [0.3, 0.4) is 0 Å². The van der Waals surface area contributed by atoms with Crippen molar-refractivity contribution >= 4 is 11.7 Å². The molecule has 0 fully saturated rings. The number of allylic oxidation sites excluding steroid dienone is 3. The van der Waals surface area contributed by atoms with E-state index in [1.165, 1.54) is 6.07 Å². The van der Waals surface area contributed by atoms with E-state index in [4.69, 9.17) is 5.26 Å². The Morgan fingerprint density at radius 1 is 1.26 bits per heavy atom. The lowest BCUT2D eigenvalue weighted by atomic mass is 9.91. The Hall–Kier alpha value is -4.09. The Bertz CT molecular complexity index is 1260. The van der Waals surface area contributed by atoms with Crippen LogP contribution >= 0.6 is 0 Å². The van der Waals surface area contributed by atoms with Gasteiger partial charge in [-0.1, -0.05) is 30.4 Å². The zero-order valence-electron chi connectivity index (χ0n) is 18.8. The normalized spacial score (nSPS) is 15.6. The van der Waals surface area contributed by atoms with Crippen molar-refractivity contribution in [3.05, 3.63) is 90.2 Å². The highest BCUT2D eigenvalue weighted by Crippen LogP contribution is 2.21. The van der Waals surface area contributed by atoms with Gasteiger partial charge >= 0.3 is 0 Å². The van der Waals surface area contributed by atoms with Gasteiger partial charge < -0.3 is 10.6 Å². The fraction of sp³-hybridized carbons (Fsp3) is 0.231. The number of halogens is 1. The summed E-state index contributed by atoms with van der Waals surface area (Å²) >= 11 is 0. The van der Waals surface area contributed by atoms with E-state index in [0.717, 1.165) is 17.5 Å². The zero-order valence-corrected chi connectivity index (χ0v) is 18.8. The lowest BCUT2D eigenvalue weighted by Gasteiger charge is -2.25. The second-order valence-corrected chi connectivity index (χ2v) is 8.14. The highest BCUT2D eigenvalue weighted by molar-refractivity contribution is 5.94. The van der Waals surface area contributed by atoms with Gasteiger partial charge in [-0.3, -0.25) is 9.48 Å². The Balaban J connectivity index is 1.42. The van der Waals surface area contributed by atoms with Crippen LogP contribution < -0.4 is 10.6 Å². The van der Waals surface area contributed by atoms with Crippen LogP contribution in [0.15, 0.2) is 73.2 Å². The lowest BCUT2D eigenvalue weighted by Crippen LogP contribution is -2.46. The summed E-state index contributed by atoms with van der Waals surface area (Å²) in [6.07, 6.45) is 14.4. The lowest BCUT2D eigenvalue weighted by molar-refractivity contribution is -0.119. The molecule has 1 aliphatic carbocycles. The summed E-state index contributed by atoms with van der Waals surface area (Å²) in [6, 6.07) is 9.51. The van der Waals surface area contributed by atoms with Crippen molar-refractivity contribution in [2.45, 2.75) is 18.9 Å². The Morgan fingerprint density at radius 3 is 2.79 bits per heavy atom. The number of amides is 1. The van der Waals surface area contributed by atoms with E-state index in [1.54, 1.807) is 35.3 Å². The molecule has 2 unspecified atom stereocenters. The number of aromatic nitrogens is 3. The third-order valence-electron chi connectivity index (χ3n) is 5.72. The van der Waals surface area contributed by atoms with Crippen LogP contribution in [0.25, 0.3) is 11.1 Å². The Kier molecular flexibility index (Phi) is 7.25. The standard InChI is InChI=1S/C26H25FN6O/c1-33-17-22(16-31-33)21-9-10-24(30-15-21)32-26(34)25(20-5-3-2-4-6-20)29-12-11-19-8-7-18(14-28)13-23(19)27/h2-5,7-10,13,15-17,20,25,29H,6,11-12H2,1H3,(H,30,32,34). The summed E-state index contributed by atoms with van der Waals surface area (Å²) in [6.45, 7) is 0.405. The minimum Gasteiger partial charge on any atom is -0.309 e. The topological polar surface area (TPSA) is 95.6 Å². The maximum absolute atomic E-state index is 14.2. The first-order chi connectivity index (χ1) is 16.5. The first-order valence-corrected chi connectivity index (χ1v) is 11.0. The second kappa shape index (κ2) is 10.7. The van der Waals surface area contributed by atoms with Gasteiger partial charge in [0.25, 0.3) is 0 Å². The number of nitrogens with zero attached hydrogens (tertiary/aromatic N) is 4. The molecule has 1 amide bonds. The number of nitrogens with one attached hydrogen (secondary N) is 2. The smallest absolute Gasteiger partial charge is 0.243 e. The van der Waals surface area contributed by atoms with E-state index in [0.29, 0.717) is 24.3 Å². The molecule has 8 heteroatoms. The van der Waals surface area contributed by atoms with Gasteiger partial charge in [0.1, 0.15) is 11.6 Å². The molecule has 0 spiro atoms. The Labute approximate surface area is 197 Å². The largest absolute Gasteiger partial charge is 0.309 e. The van der Waals surface area contributed by atoms with Crippen LogP contribution in [-0.4, -0.2) is 33.3 Å². The van der Waals surface area contributed by atoms with Crippen LogP contribution in [0, 0.1) is 23.1 Å². The van der Waals surface area contributed by atoms with Gasteiger partial charge in [-0.2, -0.15) is 10.4 Å². The van der Waals surface area contributed by atoms with Crippen LogP contribution in [0.2, 0.25) is 0 Å². The van der Waals surface area contributed by atoms with Gasteiger partial charge in [-0.15, -0.1) is 0 Å². The van der Waals surface area contributed by atoms with Crippen LogP contribution in [0.5, 0.6) is 0 Å². The fourth-order valence-electron chi connectivity index (χ4n) is 3.88. The van der Waals surface area contributed by atoms with Crippen molar-refractivity contribution in [3.63, 3.8) is 0 Å². The molecule has 0 saturated heterocycles. The number of pyridine rings is 1. The molecule has 1 aromatic carbocycles. The molecule has 7 nitrogen and oxygen atoms in total. The molecule has 2 heterocycles. The minimum atomic E-state index is -0.512. The number of benzene rings is 1. The van der Waals surface area contributed by atoms with Crippen molar-refractivity contribution < 1.29 is 9.18 Å². The summed E-state index contributed by atoms with van der Waals surface area (Å²) in [5.74, 6) is -0.199. The van der Waals surface area contributed by atoms with Gasteiger partial charge in [0.2, 0.25) is 5.91 Å². The van der Waals surface area contributed by atoms with Crippen molar-refractivity contribution in [1.29, 1.82) is 5.26 Å². The van der Waals surface area contributed by atoms with Crippen LogP contribution in [0.4, 0.5) is 10.2 Å². The first kappa shape index (κ1) is 23.1. The van der Waals surface area contributed by atoms with E-state index < -0.39 is 11.9 Å². The van der Waals surface area contributed by atoms with Crippen molar-refractivity contribution in [2.75, 3.05) is 11.9 Å². The highest BCUT2D eigenvalue weighted by atomic mass is 19.1. The van der Waals surface area contributed by atoms with E-state index in [2.05, 4.69) is 20.7 Å². The van der Waals surface area contributed by atoms with E-state index >= 15 is 0 Å². The molecule has 2 N–H and O–H groups in total. The average molecular weight is 457 g/mol. The maximum Gasteiger partial charge on any atom is 0.243 e. The minimum absolute atomic E-state index is 0.0366. The van der Waals surface area contributed by atoms with E-state index in [9.17, 15) is 9.18 Å². The molecule has 172 valence electrons. The average Bonchev–Trinajstić information content (AvgIpc) is 3.29. The molecule has 0 bridgehead atoms. The van der Waals surface area contributed by atoms with Gasteiger partial charge in [0.15, 0.2) is 0 Å². The Morgan fingerprint density at radius 2 is 2.15 bits per heavy atom. The first-order valence-electron chi connectivity index (χ1n) is 11.0. The number of hydrogen-bond acceptors (Lipinski definition) is 5. The van der Waals surface area contributed by atoms with Crippen LogP contribution in [-0.2, 0) is 18.3 Å². The number of carbonyl (C=O) groups excluding carboxylic acids is 1. The van der Waals surface area contributed by atoms with E-state index in [-0.39, 0.29) is 17.4 Å². The summed E-state index contributed by atoms with van der Waals surface area (Å²) in [7, 11) is 1.85. The highest BCUT2D eigenvalue weighted by Gasteiger charge is 2.26. The summed E-state index contributed by atoms with van der Waals surface area (Å²) < 4.78 is 15.9. The molecule has 0 saturated carbocycles. The molecular formula is C26H25FN6O. The molecule has 1 aliphatic rings. The van der Waals surface area contributed by atoms with Crippen LogP contribution in [0.1, 0.15) is 17.5 Å². The number of rotatable bonds is 8. The molecule has 34 heavy (non-hydrogen) atoms. The quantitative estimate of drug-likeness (QED) is 0.538. The van der Waals surface area contributed by atoms with Gasteiger partial charge in [-0.25, -0.2) is 9.37 Å². The molecule has 0 aliphatic heterocycles. The molecule has 0 radical (unpaired) electrons. The fourth-order valence-corrected chi connectivity index (χ4v) is 3.88. The SMILES string of the molecule is Cn1cc(-c2ccc(NC(=O)C(NCCc3ccc(C#N)cc3F)C3C=CC=CC3)nc2)cn1. The van der Waals surface area contributed by atoms with Gasteiger partial charge in [0.05, 0.1) is 23.9 Å². The number of aryl methyl sites for hydroxylation is 1. The summed E-state index contributed by atoms with van der Waals surface area (Å²) in [4.78, 5) is 17.6. The van der Waals surface area contributed by atoms with Crippen molar-refractivity contribution in [1.82, 2.24) is 20.1 Å². The number of hydrogen-bond donors (Lipinski definition) is 2. The molecule has 2 aromatic heterocycles. The molecule has 3 aromatic rings. The summed E-state index contributed by atoms with van der Waals surface area (Å²) in [5.41, 5.74) is 2.64. The number of anilines is 1. The monoisotopic (exact) mass is 456 g/mol. The number of nitriles is 1. The third kappa shape index (κ3) is 5.63. The molecular weight excluding hydrogens is 431 g/mol. The second-order valence-electron chi connectivity index (χ2n) is 8.14. The number of carbonyl (C=O) groups is 1. The zero-order chi connectivity index (χ0) is 23.9. The predicted octanol–water partition coefficient (Wildman–Crippen LogP) is 3.76. The molecule has 4 rings (SSSR count).